The van der Waals surface area contributed by atoms with E-state index in [9.17, 15) is 19.2 Å². The van der Waals surface area contributed by atoms with Crippen molar-refractivity contribution in [2.24, 2.45) is 11.8 Å². The zero-order chi connectivity index (χ0) is 26.9. The molecule has 0 radical (unpaired) electrons. The summed E-state index contributed by atoms with van der Waals surface area (Å²) in [7, 11) is 3.10. The van der Waals surface area contributed by atoms with Crippen LogP contribution < -0.4 is 9.47 Å². The molecule has 10 nitrogen and oxygen atoms in total. The minimum absolute atomic E-state index is 0.241. The summed E-state index contributed by atoms with van der Waals surface area (Å²) >= 11 is 0. The van der Waals surface area contributed by atoms with Gasteiger partial charge in [0.1, 0.15) is 23.6 Å². The van der Waals surface area contributed by atoms with Gasteiger partial charge in [0, 0.05) is 24.2 Å². The Hall–Kier alpha value is -3.76. The first-order chi connectivity index (χ1) is 18.4. The van der Waals surface area contributed by atoms with Crippen LogP contribution in [-0.4, -0.2) is 82.8 Å². The molecule has 2 aromatic carbocycles. The van der Waals surface area contributed by atoms with Crippen molar-refractivity contribution < 1.29 is 28.7 Å². The fourth-order valence-electron chi connectivity index (χ4n) is 7.01. The Balaban J connectivity index is 1.62. The van der Waals surface area contributed by atoms with Crippen molar-refractivity contribution in [1.29, 1.82) is 0 Å². The molecule has 4 aliphatic rings. The number of hydrogen-bond acceptors (Lipinski definition) is 8. The molecule has 38 heavy (non-hydrogen) atoms. The van der Waals surface area contributed by atoms with Gasteiger partial charge in [-0.3, -0.25) is 29.0 Å². The molecule has 4 aliphatic heterocycles. The van der Waals surface area contributed by atoms with Crippen LogP contribution >= 0.6 is 0 Å². The minimum Gasteiger partial charge on any atom is -0.496 e. The molecule has 0 spiro atoms. The number of ether oxygens (including phenoxy) is 2. The smallest absolute Gasteiger partial charge is 0.248 e. The highest BCUT2D eigenvalue weighted by Gasteiger charge is 2.73. The van der Waals surface area contributed by atoms with Crippen LogP contribution in [0, 0.1) is 11.8 Å². The van der Waals surface area contributed by atoms with E-state index in [4.69, 9.17) is 9.47 Å². The Morgan fingerprint density at radius 2 is 0.947 bits per heavy atom. The van der Waals surface area contributed by atoms with E-state index in [1.807, 2.05) is 46.4 Å². The van der Waals surface area contributed by atoms with Crippen molar-refractivity contribution in [2.75, 3.05) is 27.3 Å². The summed E-state index contributed by atoms with van der Waals surface area (Å²) < 4.78 is 11.4. The van der Waals surface area contributed by atoms with E-state index in [2.05, 4.69) is 0 Å². The molecule has 0 saturated carbocycles. The summed E-state index contributed by atoms with van der Waals surface area (Å²) in [6.45, 7) is 4.03. The molecule has 10 heteroatoms. The second kappa shape index (κ2) is 8.92. The van der Waals surface area contributed by atoms with Crippen molar-refractivity contribution in [3.63, 3.8) is 0 Å². The fourth-order valence-corrected chi connectivity index (χ4v) is 7.01. The van der Waals surface area contributed by atoms with Crippen LogP contribution in [0.5, 0.6) is 11.5 Å². The van der Waals surface area contributed by atoms with E-state index in [0.717, 1.165) is 0 Å². The molecule has 0 aliphatic carbocycles. The normalized spacial score (nSPS) is 30.7. The summed E-state index contributed by atoms with van der Waals surface area (Å²) in [5.41, 5.74) is 1.39. The lowest BCUT2D eigenvalue weighted by atomic mass is 9.83. The highest BCUT2D eigenvalue weighted by molar-refractivity contribution is 6.10. The lowest BCUT2D eigenvalue weighted by Crippen LogP contribution is -2.50. The van der Waals surface area contributed by atoms with Gasteiger partial charge in [0.25, 0.3) is 0 Å². The van der Waals surface area contributed by atoms with Crippen molar-refractivity contribution in [2.45, 2.75) is 38.0 Å². The molecule has 0 aromatic heterocycles. The van der Waals surface area contributed by atoms with Gasteiger partial charge < -0.3 is 9.47 Å². The number of hydrogen-bond donors (Lipinski definition) is 0. The second-order valence-corrected chi connectivity index (χ2v) is 9.92. The molecule has 4 fully saturated rings. The predicted octanol–water partition coefficient (Wildman–Crippen LogP) is 1.78. The minimum atomic E-state index is -0.867. The maximum absolute atomic E-state index is 13.8. The van der Waals surface area contributed by atoms with Crippen LogP contribution in [0.4, 0.5) is 0 Å². The first-order valence-electron chi connectivity index (χ1n) is 12.9. The molecule has 4 heterocycles. The molecule has 0 bridgehead atoms. The standard InChI is InChI=1S/C28H30N4O6/c1-5-29-25(33)19-21(15-11-7-9-13-17(15)37-3)32-24-20(26(34)30(6-2)28(24)36)22(31(32)23(19)27(29)35)16-12-8-10-14-18(16)38-4/h7-14,19-24H,5-6H2,1-4H3/t19-,20-,21+,22+,23+,24+/m0/s1. The highest BCUT2D eigenvalue weighted by atomic mass is 16.5. The number of hydrazine groups is 1. The number of imide groups is 2. The van der Waals surface area contributed by atoms with Crippen LogP contribution in [0.2, 0.25) is 0 Å². The summed E-state index contributed by atoms with van der Waals surface area (Å²) in [4.78, 5) is 57.8. The summed E-state index contributed by atoms with van der Waals surface area (Å²) in [5, 5.41) is 3.68. The molecular formula is C28H30N4O6. The van der Waals surface area contributed by atoms with Gasteiger partial charge in [-0.2, -0.15) is 0 Å². The molecular weight excluding hydrogens is 488 g/mol. The van der Waals surface area contributed by atoms with Crippen molar-refractivity contribution >= 4 is 23.6 Å². The Morgan fingerprint density at radius 1 is 0.579 bits per heavy atom. The van der Waals surface area contributed by atoms with Gasteiger partial charge in [-0.1, -0.05) is 36.4 Å². The second-order valence-electron chi connectivity index (χ2n) is 9.92. The van der Waals surface area contributed by atoms with E-state index in [-0.39, 0.29) is 36.7 Å². The van der Waals surface area contributed by atoms with Gasteiger partial charge in [0.05, 0.1) is 38.1 Å². The van der Waals surface area contributed by atoms with Crippen LogP contribution in [0.15, 0.2) is 48.5 Å². The molecule has 6 rings (SSSR count). The number of amides is 4. The number of likely N-dealkylation sites (N-methyl/N-ethyl adjacent to an activating group) is 2. The van der Waals surface area contributed by atoms with Gasteiger partial charge in [-0.15, -0.1) is 0 Å². The third kappa shape index (κ3) is 3.01. The van der Waals surface area contributed by atoms with E-state index >= 15 is 0 Å². The number of rotatable bonds is 6. The third-order valence-electron chi connectivity index (χ3n) is 8.46. The number of carbonyl (C=O) groups is 4. The lowest BCUT2D eigenvalue weighted by Gasteiger charge is -2.36. The van der Waals surface area contributed by atoms with Gasteiger partial charge in [-0.25, -0.2) is 10.0 Å². The number of carbonyl (C=O) groups excluding carboxylic acids is 4. The molecule has 0 unspecified atom stereocenters. The summed E-state index contributed by atoms with van der Waals surface area (Å²) in [6, 6.07) is 11.6. The SMILES string of the molecule is CCN1C(=O)[C@H]2[C@@H](c3ccccc3OC)N3[C@H]4C(=O)N(CC)C(=O)[C@H]4[C@@H](c4ccccc4OC)N3[C@H]2C1=O. The molecule has 2 aromatic rings. The number of methoxy groups -OCH3 is 2. The van der Waals surface area contributed by atoms with E-state index in [0.29, 0.717) is 22.6 Å². The Kier molecular flexibility index (Phi) is 5.77. The number of benzene rings is 2. The topological polar surface area (TPSA) is 99.7 Å². The zero-order valence-electron chi connectivity index (χ0n) is 21.7. The van der Waals surface area contributed by atoms with Crippen molar-refractivity contribution in [1.82, 2.24) is 19.8 Å². The third-order valence-corrected chi connectivity index (χ3v) is 8.46. The van der Waals surface area contributed by atoms with Crippen LogP contribution in [0.3, 0.4) is 0 Å². The van der Waals surface area contributed by atoms with Gasteiger partial charge in [-0.05, 0) is 26.0 Å². The first kappa shape index (κ1) is 24.6. The van der Waals surface area contributed by atoms with Crippen molar-refractivity contribution in [3.05, 3.63) is 59.7 Å². The van der Waals surface area contributed by atoms with Gasteiger partial charge in [0.15, 0.2) is 0 Å². The average molecular weight is 519 g/mol. The number of para-hydroxylation sites is 2. The average Bonchev–Trinajstić information content (AvgIpc) is 3.59. The van der Waals surface area contributed by atoms with E-state index in [1.54, 1.807) is 40.2 Å². The number of nitrogens with zero attached hydrogens (tertiary/aromatic N) is 4. The molecule has 4 amide bonds. The van der Waals surface area contributed by atoms with Crippen molar-refractivity contribution in [3.8, 4) is 11.5 Å². The van der Waals surface area contributed by atoms with Crippen LogP contribution in [0.1, 0.15) is 37.1 Å². The Morgan fingerprint density at radius 3 is 1.29 bits per heavy atom. The van der Waals surface area contributed by atoms with Gasteiger partial charge in [0.2, 0.25) is 23.6 Å². The maximum atomic E-state index is 13.8. The predicted molar refractivity (Wildman–Crippen MR) is 134 cm³/mol. The monoisotopic (exact) mass is 518 g/mol. The van der Waals surface area contributed by atoms with E-state index < -0.39 is 36.0 Å². The Labute approximate surface area is 220 Å². The molecule has 0 N–H and O–H groups in total. The Bertz CT molecular complexity index is 1240. The molecule has 4 saturated heterocycles. The number of fused-ring (bicyclic) bond motifs is 5. The molecule has 6 atom stereocenters. The van der Waals surface area contributed by atoms with Crippen LogP contribution in [-0.2, 0) is 19.2 Å². The largest absolute Gasteiger partial charge is 0.496 e. The summed E-state index contributed by atoms with van der Waals surface area (Å²) in [6.07, 6.45) is 0. The zero-order valence-corrected chi connectivity index (χ0v) is 21.7. The van der Waals surface area contributed by atoms with Crippen LogP contribution in [0.25, 0.3) is 0 Å². The maximum Gasteiger partial charge on any atom is 0.248 e. The first-order valence-corrected chi connectivity index (χ1v) is 12.9. The fraction of sp³-hybridized carbons (Fsp3) is 0.429. The molecule has 198 valence electrons. The lowest BCUT2D eigenvalue weighted by molar-refractivity contribution is -0.152. The highest BCUT2D eigenvalue weighted by Crippen LogP contribution is 2.60. The number of likely N-dealkylation sites (tertiary alicyclic amines) is 2. The van der Waals surface area contributed by atoms with Gasteiger partial charge >= 0.3 is 0 Å². The van der Waals surface area contributed by atoms with E-state index in [1.165, 1.54) is 9.80 Å². The summed E-state index contributed by atoms with van der Waals surface area (Å²) in [5.74, 6) is -1.65. The quantitative estimate of drug-likeness (QED) is 0.534.